The topological polar surface area (TPSA) is 103 Å². The molecule has 2 aromatic heterocycles. The summed E-state index contributed by atoms with van der Waals surface area (Å²) in [7, 11) is 1.84. The zero-order valence-corrected chi connectivity index (χ0v) is 13.8. The molecule has 0 saturated heterocycles. The van der Waals surface area contributed by atoms with Gasteiger partial charge in [-0.15, -0.1) is 0 Å². The van der Waals surface area contributed by atoms with E-state index in [2.05, 4.69) is 16.2 Å². The highest BCUT2D eigenvalue weighted by molar-refractivity contribution is 5.65. The first-order valence-electron chi connectivity index (χ1n) is 8.09. The van der Waals surface area contributed by atoms with Crippen LogP contribution < -0.4 is 10.5 Å². The van der Waals surface area contributed by atoms with Crippen molar-refractivity contribution in [2.24, 2.45) is 12.8 Å². The molecule has 0 spiro atoms. The first kappa shape index (κ1) is 15.4. The monoisotopic (exact) mass is 335 g/mol. The van der Waals surface area contributed by atoms with Crippen LogP contribution in [-0.4, -0.2) is 14.8 Å². The van der Waals surface area contributed by atoms with Gasteiger partial charge in [0, 0.05) is 19.0 Å². The molecule has 126 valence electrons. The number of nitrogens with zero attached hydrogens (tertiary/aromatic N) is 4. The van der Waals surface area contributed by atoms with Gasteiger partial charge in [-0.2, -0.15) is 10.4 Å². The first-order chi connectivity index (χ1) is 12.2. The Labute approximate surface area is 144 Å². The third-order valence-corrected chi connectivity index (χ3v) is 4.16. The predicted molar refractivity (Wildman–Crippen MR) is 89.8 cm³/mol. The number of aryl methyl sites for hydroxylation is 1. The van der Waals surface area contributed by atoms with Gasteiger partial charge in [-0.1, -0.05) is 0 Å². The Balaban J connectivity index is 1.73. The summed E-state index contributed by atoms with van der Waals surface area (Å²) in [4.78, 5) is 4.25. The van der Waals surface area contributed by atoms with Crippen LogP contribution in [0.1, 0.15) is 35.8 Å². The summed E-state index contributed by atoms with van der Waals surface area (Å²) in [5.41, 5.74) is 7.78. The maximum absolute atomic E-state index is 9.19. The molecular weight excluding hydrogens is 318 g/mol. The summed E-state index contributed by atoms with van der Waals surface area (Å²) in [5.74, 6) is 2.64. The van der Waals surface area contributed by atoms with Gasteiger partial charge >= 0.3 is 0 Å². The maximum atomic E-state index is 9.19. The fourth-order valence-electron chi connectivity index (χ4n) is 2.64. The fourth-order valence-corrected chi connectivity index (χ4v) is 2.64. The van der Waals surface area contributed by atoms with Gasteiger partial charge < -0.3 is 14.9 Å². The SMILES string of the molecule is Cn1nc(C2CC2)cc1Oc1cc(C#N)ccc1-c1ncc(CN)o1. The highest BCUT2D eigenvalue weighted by Crippen LogP contribution is 2.41. The first-order valence-corrected chi connectivity index (χ1v) is 8.09. The van der Waals surface area contributed by atoms with Gasteiger partial charge in [0.2, 0.25) is 11.8 Å². The van der Waals surface area contributed by atoms with Crippen LogP contribution in [0.4, 0.5) is 0 Å². The zero-order valence-electron chi connectivity index (χ0n) is 13.8. The van der Waals surface area contributed by atoms with Crippen LogP contribution in [-0.2, 0) is 13.6 Å². The highest BCUT2D eigenvalue weighted by atomic mass is 16.5. The molecular formula is C18H17N5O2. The third kappa shape index (κ3) is 2.99. The van der Waals surface area contributed by atoms with Gasteiger partial charge in [0.25, 0.3) is 0 Å². The molecule has 1 aromatic carbocycles. The molecule has 0 unspecified atom stereocenters. The summed E-state index contributed by atoms with van der Waals surface area (Å²) >= 11 is 0. The molecule has 2 N–H and O–H groups in total. The lowest BCUT2D eigenvalue weighted by Crippen LogP contribution is -1.97. The summed E-state index contributed by atoms with van der Waals surface area (Å²) in [6, 6.07) is 9.20. The molecule has 25 heavy (non-hydrogen) atoms. The van der Waals surface area contributed by atoms with Crippen molar-refractivity contribution in [1.29, 1.82) is 5.26 Å². The lowest BCUT2D eigenvalue weighted by Gasteiger charge is -2.09. The van der Waals surface area contributed by atoms with E-state index >= 15 is 0 Å². The van der Waals surface area contributed by atoms with Crippen molar-refractivity contribution in [2.75, 3.05) is 0 Å². The van der Waals surface area contributed by atoms with Crippen LogP contribution in [0.5, 0.6) is 11.6 Å². The molecule has 0 radical (unpaired) electrons. The molecule has 2 heterocycles. The van der Waals surface area contributed by atoms with Gasteiger partial charge in [0.15, 0.2) is 0 Å². The summed E-state index contributed by atoms with van der Waals surface area (Å²) < 4.78 is 13.4. The van der Waals surface area contributed by atoms with E-state index in [-0.39, 0.29) is 6.54 Å². The van der Waals surface area contributed by atoms with E-state index in [1.165, 1.54) is 12.8 Å². The van der Waals surface area contributed by atoms with E-state index in [1.807, 2.05) is 13.1 Å². The fraction of sp³-hybridized carbons (Fsp3) is 0.278. The quantitative estimate of drug-likeness (QED) is 0.768. The second kappa shape index (κ2) is 6.07. The van der Waals surface area contributed by atoms with Crippen molar-refractivity contribution >= 4 is 0 Å². The Bertz CT molecular complexity index is 962. The minimum atomic E-state index is 0.270. The maximum Gasteiger partial charge on any atom is 0.230 e. The molecule has 7 heteroatoms. The Morgan fingerprint density at radius 1 is 1.40 bits per heavy atom. The summed E-state index contributed by atoms with van der Waals surface area (Å²) in [5, 5.41) is 13.7. The van der Waals surface area contributed by atoms with Gasteiger partial charge in [-0.25, -0.2) is 9.67 Å². The molecule has 1 aliphatic carbocycles. The number of oxazole rings is 1. The minimum Gasteiger partial charge on any atom is -0.440 e. The Hall–Kier alpha value is -3.11. The van der Waals surface area contributed by atoms with E-state index < -0.39 is 0 Å². The van der Waals surface area contributed by atoms with Crippen molar-refractivity contribution in [3.8, 4) is 29.2 Å². The number of benzene rings is 1. The molecule has 1 saturated carbocycles. The normalized spacial score (nSPS) is 13.6. The van der Waals surface area contributed by atoms with Gasteiger partial charge in [0.1, 0.15) is 11.5 Å². The van der Waals surface area contributed by atoms with Crippen LogP contribution in [0.15, 0.2) is 34.9 Å². The third-order valence-electron chi connectivity index (χ3n) is 4.16. The lowest BCUT2D eigenvalue weighted by molar-refractivity contribution is 0.429. The Kier molecular flexibility index (Phi) is 3.75. The van der Waals surface area contributed by atoms with E-state index in [0.29, 0.717) is 40.3 Å². The van der Waals surface area contributed by atoms with Crippen LogP contribution >= 0.6 is 0 Å². The van der Waals surface area contributed by atoms with Crippen LogP contribution in [0, 0.1) is 11.3 Å². The number of rotatable bonds is 5. The summed E-state index contributed by atoms with van der Waals surface area (Å²) in [6.07, 6.45) is 3.93. The molecule has 7 nitrogen and oxygen atoms in total. The van der Waals surface area contributed by atoms with Crippen molar-refractivity contribution in [1.82, 2.24) is 14.8 Å². The van der Waals surface area contributed by atoms with E-state index in [0.717, 1.165) is 5.69 Å². The number of ether oxygens (including phenoxy) is 1. The van der Waals surface area contributed by atoms with Gasteiger partial charge in [-0.05, 0) is 31.0 Å². The zero-order chi connectivity index (χ0) is 17.4. The van der Waals surface area contributed by atoms with Crippen LogP contribution in [0.3, 0.4) is 0 Å². The highest BCUT2D eigenvalue weighted by Gasteiger charge is 2.27. The van der Waals surface area contributed by atoms with Crippen LogP contribution in [0.25, 0.3) is 11.5 Å². The molecule has 0 aliphatic heterocycles. The number of hydrogen-bond donors (Lipinski definition) is 1. The molecule has 0 atom stereocenters. The minimum absolute atomic E-state index is 0.270. The van der Waals surface area contributed by atoms with E-state index in [1.54, 1.807) is 29.1 Å². The smallest absolute Gasteiger partial charge is 0.230 e. The second-order valence-electron chi connectivity index (χ2n) is 6.07. The Morgan fingerprint density at radius 3 is 2.92 bits per heavy atom. The molecule has 1 fully saturated rings. The second-order valence-corrected chi connectivity index (χ2v) is 6.07. The van der Waals surface area contributed by atoms with Gasteiger partial charge in [-0.3, -0.25) is 0 Å². The van der Waals surface area contributed by atoms with Crippen molar-refractivity contribution in [2.45, 2.75) is 25.3 Å². The van der Waals surface area contributed by atoms with Crippen molar-refractivity contribution in [3.05, 3.63) is 47.5 Å². The van der Waals surface area contributed by atoms with Crippen molar-refractivity contribution in [3.63, 3.8) is 0 Å². The molecule has 0 amide bonds. The number of nitrogens with two attached hydrogens (primary N) is 1. The molecule has 3 aromatic rings. The van der Waals surface area contributed by atoms with Gasteiger partial charge in [0.05, 0.1) is 35.6 Å². The number of nitriles is 1. The van der Waals surface area contributed by atoms with E-state index in [9.17, 15) is 5.26 Å². The summed E-state index contributed by atoms with van der Waals surface area (Å²) in [6.45, 7) is 0.270. The van der Waals surface area contributed by atoms with Crippen LogP contribution in [0.2, 0.25) is 0 Å². The molecule has 0 bridgehead atoms. The molecule has 4 rings (SSSR count). The largest absolute Gasteiger partial charge is 0.440 e. The number of hydrogen-bond acceptors (Lipinski definition) is 6. The van der Waals surface area contributed by atoms with Crippen molar-refractivity contribution < 1.29 is 9.15 Å². The average Bonchev–Trinajstić information content (AvgIpc) is 3.26. The standard InChI is InChI=1S/C18H17N5O2/c1-23-17(7-15(22-23)12-3-4-12)25-16-6-11(8-19)2-5-14(16)18-21-10-13(9-20)24-18/h2,5-7,10,12H,3-4,9,20H2,1H3. The predicted octanol–water partition coefficient (Wildman–Crippen LogP) is 3.08. The average molecular weight is 335 g/mol. The Morgan fingerprint density at radius 2 is 2.24 bits per heavy atom. The van der Waals surface area contributed by atoms with E-state index in [4.69, 9.17) is 14.9 Å². The molecule has 1 aliphatic rings. The number of aromatic nitrogens is 3. The lowest BCUT2D eigenvalue weighted by atomic mass is 10.1.